The summed E-state index contributed by atoms with van der Waals surface area (Å²) in [7, 11) is 6.00. The summed E-state index contributed by atoms with van der Waals surface area (Å²) in [5.74, 6) is -1.97. The third kappa shape index (κ3) is 76.6. The lowest BCUT2D eigenvalue weighted by Gasteiger charge is -2.25. The van der Waals surface area contributed by atoms with Crippen LogP contribution < -0.4 is 0 Å². The van der Waals surface area contributed by atoms with E-state index in [0.717, 1.165) is 64.2 Å². The molecule has 0 saturated carbocycles. The van der Waals surface area contributed by atoms with Gasteiger partial charge in [-0.2, -0.15) is 0 Å². The zero-order valence-corrected chi connectivity index (χ0v) is 63.4. The van der Waals surface area contributed by atoms with Crippen molar-refractivity contribution in [1.29, 1.82) is 0 Å². The van der Waals surface area contributed by atoms with E-state index < -0.39 is 18.4 Å². The predicted octanol–water partition coefficient (Wildman–Crippen LogP) is 26.4. The number of unbranched alkanes of at least 4 members (excludes halogenated alkanes) is 55. The molecule has 1 N–H and O–H groups in total. The highest BCUT2D eigenvalue weighted by Gasteiger charge is 2.25. The van der Waals surface area contributed by atoms with Gasteiger partial charge >= 0.3 is 17.9 Å². The van der Waals surface area contributed by atoms with Gasteiger partial charge in [0.25, 0.3) is 6.29 Å². The molecule has 0 rings (SSSR count). The van der Waals surface area contributed by atoms with Crippen molar-refractivity contribution in [3.8, 4) is 0 Å². The van der Waals surface area contributed by atoms with Crippen LogP contribution in [-0.2, 0) is 33.3 Å². The number of carboxylic acid groups (broad SMARTS) is 1. The van der Waals surface area contributed by atoms with E-state index in [4.69, 9.17) is 18.9 Å². The lowest BCUT2D eigenvalue weighted by atomic mass is 10.0. The molecule has 0 aromatic heterocycles. The topological polar surface area (TPSA) is 108 Å². The van der Waals surface area contributed by atoms with E-state index in [1.165, 1.54) is 327 Å². The normalized spacial score (nSPS) is 12.8. The Morgan fingerprint density at radius 2 is 0.606 bits per heavy atom. The fourth-order valence-corrected chi connectivity index (χ4v) is 12.6. The summed E-state index contributed by atoms with van der Waals surface area (Å²) in [5, 5.41) is 9.77. The van der Waals surface area contributed by atoms with E-state index in [0.29, 0.717) is 17.4 Å². The number of likely N-dealkylation sites (N-methyl/N-ethyl adjacent to an activating group) is 1. The summed E-state index contributed by atoms with van der Waals surface area (Å²) in [4.78, 5) is 37.7. The van der Waals surface area contributed by atoms with Gasteiger partial charge in [-0.15, -0.1) is 0 Å². The Bertz CT molecular complexity index is 1680. The number of carbonyl (C=O) groups is 3. The number of allylic oxidation sites excluding steroid dienone is 8. The fraction of sp³-hybridized carbons (Fsp3) is 0.871. The quantitative estimate of drug-likeness (QED) is 0.0211. The molecule has 94 heavy (non-hydrogen) atoms. The van der Waals surface area contributed by atoms with Crippen molar-refractivity contribution < 1.29 is 42.9 Å². The maximum absolute atomic E-state index is 13.0. The van der Waals surface area contributed by atoms with Crippen LogP contribution in [-0.4, -0.2) is 87.4 Å². The minimum Gasteiger partial charge on any atom is -0.477 e. The van der Waals surface area contributed by atoms with Crippen molar-refractivity contribution in [2.75, 3.05) is 47.5 Å². The van der Waals surface area contributed by atoms with E-state index in [1.807, 2.05) is 21.1 Å². The van der Waals surface area contributed by atoms with E-state index in [9.17, 15) is 19.5 Å². The number of hydrogen-bond donors (Lipinski definition) is 1. The number of esters is 2. The van der Waals surface area contributed by atoms with Crippen LogP contribution in [0.4, 0.5) is 0 Å². The molecule has 2 unspecified atom stereocenters. The molecule has 9 nitrogen and oxygen atoms in total. The third-order valence-electron chi connectivity index (χ3n) is 18.8. The van der Waals surface area contributed by atoms with Gasteiger partial charge < -0.3 is 28.5 Å². The average Bonchev–Trinajstić information content (AvgIpc) is 3.72. The minimum atomic E-state index is -1.51. The standard InChI is InChI=1S/C85H159NO8/c1-6-8-10-12-14-16-18-20-22-24-26-28-30-32-34-36-37-38-39-40-41-42-43-44-45-46-48-49-51-53-55-57-59-61-63-65-67-69-71-73-75-82(87)92-79-81(80-93-85(84(89)90)91-78-77-86(3,4)5)94-83(88)76-74-72-70-68-66-64-62-60-58-56-54-52-50-47-35-33-31-29-27-25-23-21-19-17-15-13-11-9-7-2/h9,11,15,17,21,23,27,29,81,85H,6-8,10,12-14,16,18-20,22,24-26,28,30-80H2,1-5H3/p+1/b11-9-,17-15-,23-21-,29-27-. The summed E-state index contributed by atoms with van der Waals surface area (Å²) in [6.45, 7) is 4.84. The second-order valence-corrected chi connectivity index (χ2v) is 29.4. The molecule has 0 amide bonds. The van der Waals surface area contributed by atoms with Crippen molar-refractivity contribution in [3.63, 3.8) is 0 Å². The Labute approximate surface area is 584 Å². The molecule has 0 aliphatic heterocycles. The lowest BCUT2D eigenvalue weighted by Crippen LogP contribution is -2.40. The largest absolute Gasteiger partial charge is 0.477 e. The van der Waals surface area contributed by atoms with Gasteiger partial charge in [-0.3, -0.25) is 9.59 Å². The molecular formula is C85H160NO8+. The number of carboxylic acids is 1. The number of carbonyl (C=O) groups excluding carboxylic acids is 2. The Hall–Kier alpha value is -2.75. The molecule has 0 heterocycles. The summed E-state index contributed by atoms with van der Waals surface area (Å²) in [5.41, 5.74) is 0. The molecule has 0 aliphatic carbocycles. The van der Waals surface area contributed by atoms with Crippen molar-refractivity contribution >= 4 is 17.9 Å². The van der Waals surface area contributed by atoms with Crippen LogP contribution in [0.15, 0.2) is 48.6 Å². The molecule has 0 saturated heterocycles. The average molecular weight is 1320 g/mol. The molecular weight excluding hydrogens is 1160 g/mol. The number of rotatable bonds is 78. The van der Waals surface area contributed by atoms with Gasteiger partial charge in [0.1, 0.15) is 13.2 Å². The number of quaternary nitrogens is 1. The van der Waals surface area contributed by atoms with Crippen LogP contribution in [0.2, 0.25) is 0 Å². The molecule has 0 radical (unpaired) electrons. The monoisotopic (exact) mass is 1320 g/mol. The molecule has 552 valence electrons. The highest BCUT2D eigenvalue weighted by atomic mass is 16.7. The second-order valence-electron chi connectivity index (χ2n) is 29.4. The highest BCUT2D eigenvalue weighted by Crippen LogP contribution is 2.20. The van der Waals surface area contributed by atoms with Gasteiger partial charge in [0.05, 0.1) is 34.4 Å². The molecule has 0 spiro atoms. The lowest BCUT2D eigenvalue weighted by molar-refractivity contribution is -0.870. The number of ether oxygens (including phenoxy) is 4. The number of aliphatic carboxylic acids is 1. The van der Waals surface area contributed by atoms with Crippen LogP contribution in [0, 0.1) is 0 Å². The van der Waals surface area contributed by atoms with Gasteiger partial charge in [0, 0.05) is 12.8 Å². The zero-order valence-electron chi connectivity index (χ0n) is 63.4. The summed E-state index contributed by atoms with van der Waals surface area (Å²) >= 11 is 0. The minimum absolute atomic E-state index is 0.177. The van der Waals surface area contributed by atoms with Gasteiger partial charge in [0.2, 0.25) is 0 Å². The number of hydrogen-bond acceptors (Lipinski definition) is 7. The Morgan fingerprint density at radius 3 is 0.904 bits per heavy atom. The number of nitrogens with zero attached hydrogens (tertiary/aromatic N) is 1. The van der Waals surface area contributed by atoms with Crippen LogP contribution in [0.1, 0.15) is 418 Å². The Balaban J connectivity index is 3.92. The van der Waals surface area contributed by atoms with Crippen LogP contribution in [0.25, 0.3) is 0 Å². The van der Waals surface area contributed by atoms with Crippen molar-refractivity contribution in [2.24, 2.45) is 0 Å². The van der Waals surface area contributed by atoms with E-state index >= 15 is 0 Å². The molecule has 2 atom stereocenters. The maximum Gasteiger partial charge on any atom is 0.361 e. The first-order valence-corrected chi connectivity index (χ1v) is 41.3. The van der Waals surface area contributed by atoms with Crippen LogP contribution in [0.5, 0.6) is 0 Å². The Kier molecular flexibility index (Phi) is 73.8. The van der Waals surface area contributed by atoms with Crippen molar-refractivity contribution in [1.82, 2.24) is 0 Å². The predicted molar refractivity (Wildman–Crippen MR) is 406 cm³/mol. The molecule has 0 bridgehead atoms. The fourth-order valence-electron chi connectivity index (χ4n) is 12.6. The summed E-state index contributed by atoms with van der Waals surface area (Å²) in [6, 6.07) is 0. The molecule has 0 aromatic rings. The maximum atomic E-state index is 13.0. The zero-order chi connectivity index (χ0) is 68.2. The first-order valence-electron chi connectivity index (χ1n) is 41.3. The second kappa shape index (κ2) is 76.0. The van der Waals surface area contributed by atoms with Gasteiger partial charge in [0.15, 0.2) is 6.10 Å². The van der Waals surface area contributed by atoms with Crippen LogP contribution in [0.3, 0.4) is 0 Å². The van der Waals surface area contributed by atoms with E-state index in [1.54, 1.807) is 0 Å². The highest BCUT2D eigenvalue weighted by molar-refractivity contribution is 5.71. The van der Waals surface area contributed by atoms with Crippen molar-refractivity contribution in [2.45, 2.75) is 431 Å². The van der Waals surface area contributed by atoms with Gasteiger partial charge in [-0.25, -0.2) is 4.79 Å². The van der Waals surface area contributed by atoms with Crippen LogP contribution >= 0.6 is 0 Å². The van der Waals surface area contributed by atoms with E-state index in [-0.39, 0.29) is 38.2 Å². The van der Waals surface area contributed by atoms with Crippen molar-refractivity contribution in [3.05, 3.63) is 48.6 Å². The van der Waals surface area contributed by atoms with Gasteiger partial charge in [-0.1, -0.05) is 403 Å². The summed E-state index contributed by atoms with van der Waals surface area (Å²) in [6.07, 6.45) is 97.2. The first kappa shape index (κ1) is 91.2. The van der Waals surface area contributed by atoms with Gasteiger partial charge in [-0.05, 0) is 51.4 Å². The molecule has 0 fully saturated rings. The SMILES string of the molecule is CC/C=C\C/C=C\C/C=C\C/C=C\CCCCCCCCCCCCCCCCCCC(=O)OC(COC(=O)CCCCCCCCCCCCCCCCCCCCCCCCCCCCCCCCCCCCCCCCCC)COC(OCC[N+](C)(C)C)C(=O)O. The third-order valence-corrected chi connectivity index (χ3v) is 18.8. The summed E-state index contributed by atoms with van der Waals surface area (Å²) < 4.78 is 23.1. The van der Waals surface area contributed by atoms with E-state index in [2.05, 4.69) is 62.5 Å². The molecule has 0 aliphatic rings. The first-order chi connectivity index (χ1) is 46.1. The Morgan fingerprint density at radius 1 is 0.330 bits per heavy atom. The smallest absolute Gasteiger partial charge is 0.361 e. The molecule has 9 heteroatoms. The molecule has 0 aromatic carbocycles.